The van der Waals surface area contributed by atoms with Gasteiger partial charge in [0.05, 0.1) is 17.5 Å². The Morgan fingerprint density at radius 3 is 2.62 bits per heavy atom. The Labute approximate surface area is 126 Å². The topological polar surface area (TPSA) is 69.6 Å². The van der Waals surface area contributed by atoms with E-state index in [1.807, 2.05) is 0 Å². The third kappa shape index (κ3) is 4.07. The highest BCUT2D eigenvalue weighted by molar-refractivity contribution is 6.31. The van der Waals surface area contributed by atoms with E-state index in [-0.39, 0.29) is 23.4 Å². The van der Waals surface area contributed by atoms with Crippen LogP contribution < -0.4 is 5.32 Å². The molecule has 0 aromatic heterocycles. The quantitative estimate of drug-likeness (QED) is 0.894. The Morgan fingerprint density at radius 2 is 2.05 bits per heavy atom. The molecule has 2 N–H and O–H groups in total. The number of nitrogens with one attached hydrogen (secondary N) is 1. The van der Waals surface area contributed by atoms with Crippen molar-refractivity contribution in [2.45, 2.75) is 12.8 Å². The van der Waals surface area contributed by atoms with Gasteiger partial charge in [-0.2, -0.15) is 0 Å². The average Bonchev–Trinajstić information content (AvgIpc) is 2.48. The molecule has 1 aromatic carbocycles. The van der Waals surface area contributed by atoms with Crippen molar-refractivity contribution in [3.63, 3.8) is 0 Å². The molecule has 1 fully saturated rings. The minimum absolute atomic E-state index is 0.00489. The molecule has 0 bridgehead atoms. The van der Waals surface area contributed by atoms with E-state index in [1.54, 1.807) is 4.90 Å². The second-order valence-corrected chi connectivity index (χ2v) is 5.38. The second kappa shape index (κ2) is 6.76. The molecule has 0 atom stereocenters. The van der Waals surface area contributed by atoms with Crippen molar-refractivity contribution in [1.29, 1.82) is 0 Å². The number of carboxylic acids is 1. The van der Waals surface area contributed by atoms with Crippen molar-refractivity contribution < 1.29 is 19.1 Å². The van der Waals surface area contributed by atoms with Crippen molar-refractivity contribution in [2.75, 3.05) is 25.0 Å². The summed E-state index contributed by atoms with van der Waals surface area (Å²) < 4.78 is 13.0. The molecule has 1 aromatic rings. The van der Waals surface area contributed by atoms with Gasteiger partial charge >= 0.3 is 5.97 Å². The van der Waals surface area contributed by atoms with Gasteiger partial charge in [0, 0.05) is 18.8 Å². The molecule has 1 aliphatic heterocycles. The number of carbonyl (C=O) groups is 2. The van der Waals surface area contributed by atoms with Crippen LogP contribution in [0.3, 0.4) is 0 Å². The summed E-state index contributed by atoms with van der Waals surface area (Å²) in [7, 11) is 0. The Bertz CT molecular complexity index is 545. The fourth-order valence-corrected chi connectivity index (χ4v) is 2.45. The van der Waals surface area contributed by atoms with Crippen molar-refractivity contribution in [1.82, 2.24) is 4.90 Å². The van der Waals surface area contributed by atoms with Gasteiger partial charge in [-0.25, -0.2) is 4.39 Å². The van der Waals surface area contributed by atoms with Crippen molar-refractivity contribution in [2.24, 2.45) is 5.92 Å². The van der Waals surface area contributed by atoms with Gasteiger partial charge in [-0.15, -0.1) is 0 Å². The van der Waals surface area contributed by atoms with Crippen LogP contribution in [0.25, 0.3) is 0 Å². The van der Waals surface area contributed by atoms with E-state index in [9.17, 15) is 14.0 Å². The Hall–Kier alpha value is -1.82. The van der Waals surface area contributed by atoms with E-state index in [0.29, 0.717) is 31.6 Å². The van der Waals surface area contributed by atoms with Gasteiger partial charge < -0.3 is 15.3 Å². The third-order valence-electron chi connectivity index (χ3n) is 3.56. The lowest BCUT2D eigenvalue weighted by molar-refractivity contribution is -0.145. The Kier molecular flexibility index (Phi) is 5.01. The molecule has 1 heterocycles. The molecule has 21 heavy (non-hydrogen) atoms. The zero-order valence-electron chi connectivity index (χ0n) is 11.3. The zero-order valence-corrected chi connectivity index (χ0v) is 12.1. The predicted octanol–water partition coefficient (Wildman–Crippen LogP) is 2.21. The Balaban J connectivity index is 1.82. The number of aliphatic carboxylic acids is 1. The van der Waals surface area contributed by atoms with E-state index < -0.39 is 11.8 Å². The summed E-state index contributed by atoms with van der Waals surface area (Å²) in [5.41, 5.74) is 0.565. The van der Waals surface area contributed by atoms with Crippen LogP contribution in [0, 0.1) is 11.7 Å². The van der Waals surface area contributed by atoms with Crippen LogP contribution in [0.2, 0.25) is 5.02 Å². The summed E-state index contributed by atoms with van der Waals surface area (Å²) in [5, 5.41) is 11.8. The second-order valence-electron chi connectivity index (χ2n) is 4.98. The van der Waals surface area contributed by atoms with E-state index >= 15 is 0 Å². The monoisotopic (exact) mass is 314 g/mol. The van der Waals surface area contributed by atoms with E-state index in [4.69, 9.17) is 16.7 Å². The maximum absolute atomic E-state index is 13.0. The molecule has 1 aliphatic rings. The lowest BCUT2D eigenvalue weighted by Gasteiger charge is -2.30. The van der Waals surface area contributed by atoms with Crippen LogP contribution in [0.15, 0.2) is 18.2 Å². The SMILES string of the molecule is O=C(O)C1CCN(C(=O)CNc2ccc(F)c(Cl)c2)CC1. The van der Waals surface area contributed by atoms with Crippen LogP contribution >= 0.6 is 11.6 Å². The van der Waals surface area contributed by atoms with Crippen LogP contribution in [0.1, 0.15) is 12.8 Å². The molecular formula is C14H16ClFN2O3. The summed E-state index contributed by atoms with van der Waals surface area (Å²) in [6, 6.07) is 4.15. The molecular weight excluding hydrogens is 299 g/mol. The van der Waals surface area contributed by atoms with Crippen LogP contribution in [0.4, 0.5) is 10.1 Å². The highest BCUT2D eigenvalue weighted by Crippen LogP contribution is 2.20. The molecule has 114 valence electrons. The largest absolute Gasteiger partial charge is 0.481 e. The number of anilines is 1. The van der Waals surface area contributed by atoms with Gasteiger partial charge in [-0.1, -0.05) is 11.6 Å². The normalized spacial score (nSPS) is 15.8. The lowest BCUT2D eigenvalue weighted by atomic mass is 9.97. The molecule has 1 amide bonds. The van der Waals surface area contributed by atoms with Gasteiger partial charge in [-0.3, -0.25) is 9.59 Å². The van der Waals surface area contributed by atoms with Crippen molar-refractivity contribution in [3.8, 4) is 0 Å². The fraction of sp³-hybridized carbons (Fsp3) is 0.429. The van der Waals surface area contributed by atoms with Gasteiger partial charge in [0.15, 0.2) is 0 Å². The van der Waals surface area contributed by atoms with Crippen LogP contribution in [-0.4, -0.2) is 41.5 Å². The molecule has 1 saturated heterocycles. The molecule has 0 saturated carbocycles. The van der Waals surface area contributed by atoms with Gasteiger partial charge in [0.2, 0.25) is 5.91 Å². The number of benzene rings is 1. The highest BCUT2D eigenvalue weighted by Gasteiger charge is 2.26. The Morgan fingerprint density at radius 1 is 1.38 bits per heavy atom. The molecule has 0 unspecified atom stereocenters. The first kappa shape index (κ1) is 15.6. The number of nitrogens with zero attached hydrogens (tertiary/aromatic N) is 1. The molecule has 0 spiro atoms. The highest BCUT2D eigenvalue weighted by atomic mass is 35.5. The van der Waals surface area contributed by atoms with Gasteiger partial charge in [-0.05, 0) is 31.0 Å². The number of piperidine rings is 1. The van der Waals surface area contributed by atoms with E-state index in [2.05, 4.69) is 5.32 Å². The summed E-state index contributed by atoms with van der Waals surface area (Å²) in [6.45, 7) is 0.961. The van der Waals surface area contributed by atoms with Gasteiger partial charge in [0.1, 0.15) is 5.82 Å². The van der Waals surface area contributed by atoms with E-state index in [1.165, 1.54) is 18.2 Å². The zero-order chi connectivity index (χ0) is 15.4. The number of carboxylic acid groups (broad SMARTS) is 1. The first-order chi connectivity index (χ1) is 9.97. The smallest absolute Gasteiger partial charge is 0.306 e. The number of amides is 1. The standard InChI is InChI=1S/C14H16ClFN2O3/c15-11-7-10(1-2-12(11)16)17-8-13(19)18-5-3-9(4-6-18)14(20)21/h1-2,7,9,17H,3-6,8H2,(H,20,21). The van der Waals surface area contributed by atoms with Crippen LogP contribution in [0.5, 0.6) is 0 Å². The van der Waals surface area contributed by atoms with Crippen LogP contribution in [-0.2, 0) is 9.59 Å². The number of carbonyl (C=O) groups excluding carboxylic acids is 1. The number of hydrogen-bond acceptors (Lipinski definition) is 3. The summed E-state index contributed by atoms with van der Waals surface area (Å²) in [5.74, 6) is -1.79. The first-order valence-electron chi connectivity index (χ1n) is 6.67. The number of rotatable bonds is 4. The first-order valence-corrected chi connectivity index (χ1v) is 7.04. The maximum atomic E-state index is 13.0. The molecule has 5 nitrogen and oxygen atoms in total. The molecule has 7 heteroatoms. The third-order valence-corrected chi connectivity index (χ3v) is 3.85. The molecule has 0 radical (unpaired) electrons. The van der Waals surface area contributed by atoms with E-state index in [0.717, 1.165) is 0 Å². The summed E-state index contributed by atoms with van der Waals surface area (Å²) in [4.78, 5) is 24.5. The summed E-state index contributed by atoms with van der Waals surface area (Å²) >= 11 is 5.66. The van der Waals surface area contributed by atoms with Crippen molar-refractivity contribution >= 4 is 29.2 Å². The van der Waals surface area contributed by atoms with Gasteiger partial charge in [0.25, 0.3) is 0 Å². The maximum Gasteiger partial charge on any atom is 0.306 e. The fourth-order valence-electron chi connectivity index (χ4n) is 2.27. The number of hydrogen-bond donors (Lipinski definition) is 2. The number of halogens is 2. The average molecular weight is 315 g/mol. The molecule has 0 aliphatic carbocycles. The molecule has 2 rings (SSSR count). The van der Waals surface area contributed by atoms with Crippen molar-refractivity contribution in [3.05, 3.63) is 29.0 Å². The predicted molar refractivity (Wildman–Crippen MR) is 76.8 cm³/mol. The summed E-state index contributed by atoms with van der Waals surface area (Å²) in [6.07, 6.45) is 0.951. The minimum atomic E-state index is -0.804. The lowest BCUT2D eigenvalue weighted by Crippen LogP contribution is -2.42. The minimum Gasteiger partial charge on any atom is -0.481 e. The number of likely N-dealkylation sites (tertiary alicyclic amines) is 1.